The number of rotatable bonds is 3. The Balaban J connectivity index is 0.000000246. The predicted octanol–water partition coefficient (Wildman–Crippen LogP) is 13.0. The summed E-state index contributed by atoms with van der Waals surface area (Å²) in [6, 6.07) is 36.8. The molecule has 54 heavy (non-hydrogen) atoms. The second kappa shape index (κ2) is 15.1. The molecule has 1 radical (unpaired) electrons. The normalized spacial score (nSPS) is 11.7. The van der Waals surface area contributed by atoms with Crippen LogP contribution in [0.25, 0.3) is 66.3 Å². The minimum absolute atomic E-state index is 0. The van der Waals surface area contributed by atoms with Gasteiger partial charge in [0.1, 0.15) is 0 Å². The molecule has 0 aliphatic rings. The molecule has 0 amide bonds. The van der Waals surface area contributed by atoms with Crippen molar-refractivity contribution in [3.63, 3.8) is 0 Å². The first-order chi connectivity index (χ1) is 25.2. The topological polar surface area (TPSA) is 51.8 Å². The minimum Gasteiger partial charge on any atom is -0.506 e. The Hall–Kier alpha value is -4.96. The molecule has 4 aromatic carbocycles. The average Bonchev–Trinajstić information content (AvgIpc) is 3.62. The maximum Gasteiger partial charge on any atom is 0.0847 e. The molecule has 0 fully saturated rings. The van der Waals surface area contributed by atoms with Gasteiger partial charge in [-0.3, -0.25) is 9.97 Å². The van der Waals surface area contributed by atoms with Crippen LogP contribution in [0.4, 0.5) is 0 Å². The third-order valence-corrected chi connectivity index (χ3v) is 10.2. The van der Waals surface area contributed by atoms with Crippen LogP contribution >= 0.6 is 0 Å². The maximum atomic E-state index is 5.82. The van der Waals surface area contributed by atoms with Crippen LogP contribution in [0, 0.1) is 39.8 Å². The second-order valence-electron chi connectivity index (χ2n) is 16.3. The van der Waals surface area contributed by atoms with E-state index in [9.17, 15) is 0 Å². The molecule has 0 spiro atoms. The molecular weight excluding hydrogens is 839 g/mol. The van der Waals surface area contributed by atoms with E-state index in [1.54, 1.807) is 6.26 Å². The second-order valence-corrected chi connectivity index (χ2v) is 16.3. The van der Waals surface area contributed by atoms with Gasteiger partial charge in [0.15, 0.2) is 0 Å². The van der Waals surface area contributed by atoms with Crippen LogP contribution in [0.1, 0.15) is 75.1 Å². The van der Waals surface area contributed by atoms with Crippen molar-refractivity contribution in [3.05, 3.63) is 149 Å². The molecule has 5 heteroatoms. The Labute approximate surface area is 333 Å². The van der Waals surface area contributed by atoms with Gasteiger partial charge in [0.25, 0.3) is 0 Å². The van der Waals surface area contributed by atoms with E-state index >= 15 is 0 Å². The number of furan rings is 1. The molecule has 0 bridgehead atoms. The summed E-state index contributed by atoms with van der Waals surface area (Å²) in [7, 11) is 0. The molecule has 0 atom stereocenters. The molecule has 4 aromatic heterocycles. The SMILES string of the molecule is CC(C)(C)c1ccc2c(-c3ccc(-c4[c-]c5ccoc5c5nc(C(C)(C)C)ccc45)nc3)cccc2c1.Cc1c[c-]c(-c2cc(C)c(C)cn2)cc1C.[Ir]. The first kappa shape index (κ1) is 38.8. The number of pyridine rings is 3. The molecule has 0 saturated carbocycles. The van der Waals surface area contributed by atoms with Crippen LogP contribution in [0.3, 0.4) is 0 Å². The third kappa shape index (κ3) is 7.80. The van der Waals surface area contributed by atoms with E-state index in [4.69, 9.17) is 14.4 Å². The van der Waals surface area contributed by atoms with Crippen molar-refractivity contribution in [1.82, 2.24) is 15.0 Å². The van der Waals surface area contributed by atoms with Crippen LogP contribution in [-0.2, 0) is 30.9 Å². The van der Waals surface area contributed by atoms with E-state index in [0.717, 1.165) is 55.6 Å². The molecule has 0 aliphatic carbocycles. The van der Waals surface area contributed by atoms with Crippen molar-refractivity contribution in [2.24, 2.45) is 0 Å². The van der Waals surface area contributed by atoms with Crippen LogP contribution in [-0.4, -0.2) is 15.0 Å². The maximum absolute atomic E-state index is 5.82. The molecule has 0 N–H and O–H groups in total. The molecule has 275 valence electrons. The standard InChI is InChI=1S/C34H31N2O.C15H16N.Ir/c1-33(2,3)24-11-12-26-21(18-24)8-7-9-25(26)23-10-14-29(35-20-23)28-19-22-16-17-37-32(22)31-27(28)13-15-30(36-31)34(4,5)6;1-10-5-6-14(7-11(10)2)15-8-12(3)13(4)9-16-15;/h7-18,20H,1-6H3;5,7-9H,1-4H3;/q2*-1;. The summed E-state index contributed by atoms with van der Waals surface area (Å²) < 4.78 is 5.82. The zero-order valence-electron chi connectivity index (χ0n) is 32.9. The van der Waals surface area contributed by atoms with E-state index in [2.05, 4.69) is 159 Å². The van der Waals surface area contributed by atoms with Gasteiger partial charge in [-0.1, -0.05) is 144 Å². The number of nitrogens with zero attached hydrogens (tertiary/aromatic N) is 3. The van der Waals surface area contributed by atoms with Crippen LogP contribution in [0.15, 0.2) is 108 Å². The Bertz CT molecular complexity index is 2570. The molecular formula is C49H47IrN3O-2. The molecule has 4 nitrogen and oxygen atoms in total. The van der Waals surface area contributed by atoms with Gasteiger partial charge in [-0.25, -0.2) is 0 Å². The summed E-state index contributed by atoms with van der Waals surface area (Å²) in [5.74, 6) is 0. The van der Waals surface area contributed by atoms with Crippen LogP contribution < -0.4 is 0 Å². The number of benzene rings is 4. The molecule has 0 aliphatic heterocycles. The van der Waals surface area contributed by atoms with Crippen LogP contribution in [0.2, 0.25) is 0 Å². The van der Waals surface area contributed by atoms with E-state index in [0.29, 0.717) is 0 Å². The van der Waals surface area contributed by atoms with Gasteiger partial charge < -0.3 is 9.40 Å². The summed E-state index contributed by atoms with van der Waals surface area (Å²) in [6.45, 7) is 21.7. The number of fused-ring (bicyclic) bond motifs is 4. The summed E-state index contributed by atoms with van der Waals surface area (Å²) >= 11 is 0. The van der Waals surface area contributed by atoms with E-state index < -0.39 is 0 Å². The van der Waals surface area contributed by atoms with Gasteiger partial charge in [-0.2, -0.15) is 0 Å². The zero-order valence-corrected chi connectivity index (χ0v) is 35.3. The molecule has 8 rings (SSSR count). The Morgan fingerprint density at radius 2 is 1.39 bits per heavy atom. The van der Waals surface area contributed by atoms with Crippen LogP contribution in [0.5, 0.6) is 0 Å². The van der Waals surface area contributed by atoms with E-state index in [1.165, 1.54) is 44.2 Å². The van der Waals surface area contributed by atoms with Gasteiger partial charge in [-0.15, -0.1) is 41.0 Å². The first-order valence-corrected chi connectivity index (χ1v) is 18.3. The van der Waals surface area contributed by atoms with Gasteiger partial charge in [-0.05, 0) is 64.0 Å². The number of aromatic nitrogens is 3. The quantitative estimate of drug-likeness (QED) is 0.166. The first-order valence-electron chi connectivity index (χ1n) is 18.3. The predicted molar refractivity (Wildman–Crippen MR) is 221 cm³/mol. The molecule has 4 heterocycles. The summed E-state index contributed by atoms with van der Waals surface area (Å²) in [5.41, 5.74) is 15.3. The summed E-state index contributed by atoms with van der Waals surface area (Å²) in [6.07, 6.45) is 5.60. The number of hydrogen-bond acceptors (Lipinski definition) is 4. The van der Waals surface area contributed by atoms with Crippen molar-refractivity contribution < 1.29 is 24.5 Å². The minimum atomic E-state index is -0.0567. The smallest absolute Gasteiger partial charge is 0.0847 e. The third-order valence-electron chi connectivity index (χ3n) is 10.2. The number of hydrogen-bond donors (Lipinski definition) is 0. The molecule has 8 aromatic rings. The Morgan fingerprint density at radius 3 is 2.07 bits per heavy atom. The molecule has 0 saturated heterocycles. The summed E-state index contributed by atoms with van der Waals surface area (Å²) in [4.78, 5) is 14.4. The molecule has 0 unspecified atom stereocenters. The van der Waals surface area contributed by atoms with Gasteiger partial charge in [0, 0.05) is 61.1 Å². The van der Waals surface area contributed by atoms with Gasteiger partial charge in [0.2, 0.25) is 0 Å². The average molecular weight is 886 g/mol. The van der Waals surface area contributed by atoms with Crippen molar-refractivity contribution in [1.29, 1.82) is 0 Å². The van der Waals surface area contributed by atoms with Crippen molar-refractivity contribution in [2.75, 3.05) is 0 Å². The Morgan fingerprint density at radius 1 is 0.648 bits per heavy atom. The van der Waals surface area contributed by atoms with Crippen molar-refractivity contribution in [2.45, 2.75) is 80.1 Å². The van der Waals surface area contributed by atoms with E-state index in [1.807, 2.05) is 24.5 Å². The fourth-order valence-electron chi connectivity index (χ4n) is 6.54. The zero-order chi connectivity index (χ0) is 37.7. The number of aryl methyl sites for hydroxylation is 4. The van der Waals surface area contributed by atoms with Crippen molar-refractivity contribution >= 4 is 32.6 Å². The monoisotopic (exact) mass is 886 g/mol. The largest absolute Gasteiger partial charge is 0.506 e. The fraction of sp³-hybridized carbons (Fsp3) is 0.245. The van der Waals surface area contributed by atoms with E-state index in [-0.39, 0.29) is 30.9 Å². The fourth-order valence-corrected chi connectivity index (χ4v) is 6.54. The summed E-state index contributed by atoms with van der Waals surface area (Å²) in [5, 5.41) is 4.39. The van der Waals surface area contributed by atoms with Crippen molar-refractivity contribution in [3.8, 4) is 33.6 Å². The Kier molecular flexibility index (Phi) is 10.8. The van der Waals surface area contributed by atoms with Gasteiger partial charge >= 0.3 is 0 Å². The van der Waals surface area contributed by atoms with Gasteiger partial charge in [0.05, 0.1) is 5.58 Å².